The van der Waals surface area contributed by atoms with E-state index in [1.54, 1.807) is 35.9 Å². The van der Waals surface area contributed by atoms with E-state index in [0.29, 0.717) is 6.42 Å². The Morgan fingerprint density at radius 3 is 2.07 bits per heavy atom. The predicted octanol–water partition coefficient (Wildman–Crippen LogP) is 2.80. The Balaban J connectivity index is 0.000000878. The molecular weight excluding hydrogens is 363 g/mol. The van der Waals surface area contributed by atoms with Crippen LogP contribution in [0.3, 0.4) is 0 Å². The lowest BCUT2D eigenvalue weighted by Gasteiger charge is -2.46. The highest BCUT2D eigenvalue weighted by atomic mass is 19.1. The van der Waals surface area contributed by atoms with Gasteiger partial charge < -0.3 is 9.80 Å². The third-order valence-electron chi connectivity index (χ3n) is 6.56. The first kappa shape index (κ1) is 21.8. The van der Waals surface area contributed by atoms with E-state index in [1.807, 2.05) is 0 Å². The minimum absolute atomic E-state index is 0.00723. The summed E-state index contributed by atoms with van der Waals surface area (Å²) in [5.41, 5.74) is 0.455. The molecule has 3 rings (SSSR count). The number of piperazine rings is 1. The van der Waals surface area contributed by atoms with E-state index in [0.717, 1.165) is 5.56 Å². The molecule has 4 atom stereocenters. The van der Waals surface area contributed by atoms with Crippen molar-refractivity contribution < 1.29 is 23.6 Å². The van der Waals surface area contributed by atoms with Crippen LogP contribution in [0.15, 0.2) is 24.3 Å². The van der Waals surface area contributed by atoms with Crippen molar-refractivity contribution >= 4 is 18.0 Å². The lowest BCUT2D eigenvalue weighted by atomic mass is 9.61. The SMILES string of the molecule is C[C@@H]1C(=O)N2C(c3ccc(F)cc3)[C@@](C)(C(C)(C)C)C[C@H]2C(=O)N1C.O=C=O. The average Bonchev–Trinajstić information content (AvgIpc) is 2.94. The van der Waals surface area contributed by atoms with Crippen LogP contribution in [0.1, 0.15) is 52.6 Å². The van der Waals surface area contributed by atoms with Gasteiger partial charge in [0.05, 0.1) is 6.04 Å². The van der Waals surface area contributed by atoms with E-state index in [1.165, 1.54) is 12.1 Å². The van der Waals surface area contributed by atoms with E-state index in [4.69, 9.17) is 9.59 Å². The summed E-state index contributed by atoms with van der Waals surface area (Å²) in [6.07, 6.45) is 0.861. The topological polar surface area (TPSA) is 74.8 Å². The zero-order chi connectivity index (χ0) is 21.4. The largest absolute Gasteiger partial charge is 0.373 e. The molecule has 2 fully saturated rings. The zero-order valence-electron chi connectivity index (χ0n) is 17.2. The number of hydrogen-bond acceptors (Lipinski definition) is 4. The molecule has 0 bridgehead atoms. The molecule has 0 saturated carbocycles. The van der Waals surface area contributed by atoms with Crippen LogP contribution in [0.5, 0.6) is 0 Å². The van der Waals surface area contributed by atoms with Gasteiger partial charge >= 0.3 is 6.15 Å². The standard InChI is InChI=1S/C20H27FN2O2.CO2/c1-12-17(24)23-15(18(25)22(12)6)11-20(5,19(2,3)4)16(23)13-7-9-14(21)10-8-13;2-1-3/h7-10,12,15-16H,11H2,1-6H3;/t12-,15+,16?,20+;/m1./s1. The summed E-state index contributed by atoms with van der Waals surface area (Å²) >= 11 is 0. The quantitative estimate of drug-likeness (QED) is 0.739. The lowest BCUT2D eigenvalue weighted by molar-refractivity contribution is -0.191. The van der Waals surface area contributed by atoms with Crippen molar-refractivity contribution in [3.63, 3.8) is 0 Å². The van der Waals surface area contributed by atoms with Gasteiger partial charge in [-0.05, 0) is 41.9 Å². The van der Waals surface area contributed by atoms with E-state index >= 15 is 0 Å². The van der Waals surface area contributed by atoms with Gasteiger partial charge in [0.15, 0.2) is 0 Å². The minimum Gasteiger partial charge on any atom is -0.332 e. The van der Waals surface area contributed by atoms with E-state index in [9.17, 15) is 14.0 Å². The van der Waals surface area contributed by atoms with Gasteiger partial charge in [0.1, 0.15) is 17.9 Å². The Labute approximate surface area is 164 Å². The minimum atomic E-state index is -0.478. The highest BCUT2D eigenvalue weighted by Crippen LogP contribution is 2.59. The summed E-state index contributed by atoms with van der Waals surface area (Å²) in [5, 5.41) is 0. The molecular formula is C21H27FN2O4. The molecule has 0 spiro atoms. The summed E-state index contributed by atoms with van der Waals surface area (Å²) in [7, 11) is 1.70. The van der Waals surface area contributed by atoms with Gasteiger partial charge in [0.2, 0.25) is 11.8 Å². The maximum atomic E-state index is 13.4. The van der Waals surface area contributed by atoms with Crippen molar-refractivity contribution in [2.24, 2.45) is 10.8 Å². The van der Waals surface area contributed by atoms with Crippen LogP contribution in [-0.2, 0) is 19.2 Å². The fourth-order valence-electron chi connectivity index (χ4n) is 4.28. The molecule has 0 aliphatic carbocycles. The van der Waals surface area contributed by atoms with Crippen LogP contribution in [0, 0.1) is 16.6 Å². The molecule has 2 heterocycles. The first-order valence-corrected chi connectivity index (χ1v) is 9.24. The smallest absolute Gasteiger partial charge is 0.332 e. The third-order valence-corrected chi connectivity index (χ3v) is 6.56. The second kappa shape index (κ2) is 7.47. The molecule has 0 N–H and O–H groups in total. The number of halogens is 1. The first-order valence-electron chi connectivity index (χ1n) is 9.24. The number of carbonyl (C=O) groups excluding carboxylic acids is 4. The molecule has 7 heteroatoms. The van der Waals surface area contributed by atoms with E-state index < -0.39 is 12.1 Å². The van der Waals surface area contributed by atoms with Gasteiger partial charge in [-0.3, -0.25) is 9.59 Å². The fourth-order valence-corrected chi connectivity index (χ4v) is 4.28. The Bertz CT molecular complexity index is 796. The number of hydrogen-bond donors (Lipinski definition) is 0. The van der Waals surface area contributed by atoms with Gasteiger partial charge in [0.25, 0.3) is 0 Å². The van der Waals surface area contributed by atoms with Gasteiger partial charge in [-0.25, -0.2) is 4.39 Å². The Kier molecular flexibility index (Phi) is 5.81. The molecule has 1 aromatic carbocycles. The van der Waals surface area contributed by atoms with Crippen LogP contribution in [0.25, 0.3) is 0 Å². The van der Waals surface area contributed by atoms with Crippen molar-refractivity contribution in [3.05, 3.63) is 35.6 Å². The molecule has 0 radical (unpaired) electrons. The van der Waals surface area contributed by atoms with E-state index in [-0.39, 0.29) is 40.7 Å². The monoisotopic (exact) mass is 390 g/mol. The van der Waals surface area contributed by atoms with Crippen molar-refractivity contribution in [3.8, 4) is 0 Å². The molecule has 1 aromatic rings. The van der Waals surface area contributed by atoms with Crippen LogP contribution in [-0.4, -0.2) is 46.9 Å². The van der Waals surface area contributed by atoms with E-state index in [2.05, 4.69) is 27.7 Å². The number of nitrogens with zero attached hydrogens (tertiary/aromatic N) is 2. The van der Waals surface area contributed by atoms with Gasteiger partial charge in [-0.2, -0.15) is 9.59 Å². The number of fused-ring (bicyclic) bond motifs is 1. The zero-order valence-corrected chi connectivity index (χ0v) is 17.2. The van der Waals surface area contributed by atoms with Gasteiger partial charge in [0, 0.05) is 7.05 Å². The molecule has 2 aliphatic heterocycles. The molecule has 2 saturated heterocycles. The maximum absolute atomic E-state index is 13.4. The fraction of sp³-hybridized carbons (Fsp3) is 0.571. The summed E-state index contributed by atoms with van der Waals surface area (Å²) in [6, 6.07) is 5.17. The third kappa shape index (κ3) is 3.35. The number of likely N-dealkylation sites (N-methyl/N-ethyl adjacent to an activating group) is 1. The Morgan fingerprint density at radius 2 is 1.61 bits per heavy atom. The molecule has 2 amide bonds. The van der Waals surface area contributed by atoms with Gasteiger partial charge in [-0.15, -0.1) is 0 Å². The first-order chi connectivity index (χ1) is 12.9. The van der Waals surface area contributed by atoms with Crippen LogP contribution in [0.4, 0.5) is 4.39 Å². The molecule has 2 aliphatic rings. The van der Waals surface area contributed by atoms with Gasteiger partial charge in [-0.1, -0.05) is 39.8 Å². The number of carbonyl (C=O) groups is 2. The summed E-state index contributed by atoms with van der Waals surface area (Å²) in [4.78, 5) is 45.5. The van der Waals surface area contributed by atoms with Crippen molar-refractivity contribution in [1.82, 2.24) is 9.80 Å². The highest BCUT2D eigenvalue weighted by Gasteiger charge is 2.61. The summed E-state index contributed by atoms with van der Waals surface area (Å²) in [5.74, 6) is -0.341. The molecule has 152 valence electrons. The molecule has 6 nitrogen and oxygen atoms in total. The summed E-state index contributed by atoms with van der Waals surface area (Å²) in [6.45, 7) is 10.3. The Hall–Kier alpha value is -2.53. The molecule has 1 unspecified atom stereocenters. The number of rotatable bonds is 1. The molecule has 28 heavy (non-hydrogen) atoms. The molecule has 0 aromatic heterocycles. The van der Waals surface area contributed by atoms with Crippen LogP contribution < -0.4 is 0 Å². The Morgan fingerprint density at radius 1 is 1.11 bits per heavy atom. The average molecular weight is 390 g/mol. The van der Waals surface area contributed by atoms with Crippen molar-refractivity contribution in [2.75, 3.05) is 7.05 Å². The predicted molar refractivity (Wildman–Crippen MR) is 99.2 cm³/mol. The number of benzene rings is 1. The highest BCUT2D eigenvalue weighted by molar-refractivity contribution is 5.97. The second-order valence-electron chi connectivity index (χ2n) is 8.80. The summed E-state index contributed by atoms with van der Waals surface area (Å²) < 4.78 is 13.4. The number of amides is 2. The normalized spacial score (nSPS) is 29.8. The van der Waals surface area contributed by atoms with Crippen LogP contribution in [0.2, 0.25) is 0 Å². The lowest BCUT2D eigenvalue weighted by Crippen LogP contribution is -2.60. The van der Waals surface area contributed by atoms with Crippen molar-refractivity contribution in [1.29, 1.82) is 0 Å². The second-order valence-corrected chi connectivity index (χ2v) is 8.80. The van der Waals surface area contributed by atoms with Crippen molar-refractivity contribution in [2.45, 2.75) is 59.2 Å². The maximum Gasteiger partial charge on any atom is 0.373 e. The van der Waals surface area contributed by atoms with Crippen LogP contribution >= 0.6 is 0 Å².